The van der Waals surface area contributed by atoms with Crippen molar-refractivity contribution in [1.82, 2.24) is 4.98 Å². The number of halogens is 1. The minimum atomic E-state index is -0.234. The Labute approximate surface area is 131 Å². The second-order valence-corrected chi connectivity index (χ2v) is 5.18. The zero-order valence-electron chi connectivity index (χ0n) is 11.8. The largest absolute Gasteiger partial charge is 0.495 e. The van der Waals surface area contributed by atoms with E-state index in [-0.39, 0.29) is 5.91 Å². The SMILES string of the molecule is CCNc1ccc(C(=O)Nc2cc(Br)ccc2OC)cn1. The molecule has 1 aromatic heterocycles. The molecular formula is C15H16BrN3O2. The number of pyridine rings is 1. The van der Waals surface area contributed by atoms with Crippen molar-refractivity contribution in [2.24, 2.45) is 0 Å². The average molecular weight is 350 g/mol. The number of rotatable bonds is 5. The molecule has 21 heavy (non-hydrogen) atoms. The number of methoxy groups -OCH3 is 1. The van der Waals surface area contributed by atoms with Crippen molar-refractivity contribution < 1.29 is 9.53 Å². The van der Waals surface area contributed by atoms with E-state index in [2.05, 4.69) is 31.5 Å². The number of anilines is 2. The molecular weight excluding hydrogens is 334 g/mol. The van der Waals surface area contributed by atoms with Gasteiger partial charge in [0.1, 0.15) is 11.6 Å². The van der Waals surface area contributed by atoms with Crippen LogP contribution in [0.3, 0.4) is 0 Å². The van der Waals surface area contributed by atoms with Crippen LogP contribution in [-0.2, 0) is 0 Å². The van der Waals surface area contributed by atoms with E-state index >= 15 is 0 Å². The first-order chi connectivity index (χ1) is 10.1. The van der Waals surface area contributed by atoms with E-state index in [9.17, 15) is 4.79 Å². The van der Waals surface area contributed by atoms with Crippen LogP contribution >= 0.6 is 15.9 Å². The maximum atomic E-state index is 12.2. The minimum Gasteiger partial charge on any atom is -0.495 e. The van der Waals surface area contributed by atoms with Gasteiger partial charge in [-0.25, -0.2) is 4.98 Å². The molecule has 0 fully saturated rings. The summed E-state index contributed by atoms with van der Waals surface area (Å²) in [6, 6.07) is 8.92. The smallest absolute Gasteiger partial charge is 0.257 e. The Morgan fingerprint density at radius 2 is 2.14 bits per heavy atom. The number of nitrogens with zero attached hydrogens (tertiary/aromatic N) is 1. The number of amides is 1. The maximum Gasteiger partial charge on any atom is 0.257 e. The Hall–Kier alpha value is -2.08. The summed E-state index contributed by atoms with van der Waals surface area (Å²) in [6.07, 6.45) is 1.54. The van der Waals surface area contributed by atoms with Crippen LogP contribution < -0.4 is 15.4 Å². The lowest BCUT2D eigenvalue weighted by Crippen LogP contribution is -2.13. The van der Waals surface area contributed by atoms with Crippen molar-refractivity contribution in [3.63, 3.8) is 0 Å². The van der Waals surface area contributed by atoms with Gasteiger partial charge in [-0.3, -0.25) is 4.79 Å². The van der Waals surface area contributed by atoms with Crippen molar-refractivity contribution in [3.8, 4) is 5.75 Å². The van der Waals surface area contributed by atoms with Crippen molar-refractivity contribution in [1.29, 1.82) is 0 Å². The van der Waals surface area contributed by atoms with Gasteiger partial charge in [-0.2, -0.15) is 0 Å². The second kappa shape index (κ2) is 7.08. The van der Waals surface area contributed by atoms with Gasteiger partial charge in [-0.15, -0.1) is 0 Å². The standard InChI is InChI=1S/C15H16BrN3O2/c1-3-17-14-7-4-10(9-18-14)15(20)19-12-8-11(16)5-6-13(12)21-2/h4-9H,3H2,1-2H3,(H,17,18)(H,19,20). The van der Waals surface area contributed by atoms with Crippen molar-refractivity contribution >= 4 is 33.3 Å². The number of hydrogen-bond donors (Lipinski definition) is 2. The molecule has 0 aliphatic heterocycles. The van der Waals surface area contributed by atoms with Crippen molar-refractivity contribution in [3.05, 3.63) is 46.6 Å². The lowest BCUT2D eigenvalue weighted by atomic mass is 10.2. The minimum absolute atomic E-state index is 0.234. The molecule has 0 aliphatic carbocycles. The zero-order valence-corrected chi connectivity index (χ0v) is 13.4. The molecule has 0 radical (unpaired) electrons. The van der Waals surface area contributed by atoms with Crippen LogP contribution in [0.2, 0.25) is 0 Å². The Morgan fingerprint density at radius 3 is 2.76 bits per heavy atom. The number of ether oxygens (including phenoxy) is 1. The number of hydrogen-bond acceptors (Lipinski definition) is 4. The topological polar surface area (TPSA) is 63.2 Å². The summed E-state index contributed by atoms with van der Waals surface area (Å²) >= 11 is 3.37. The molecule has 2 rings (SSSR count). The molecule has 110 valence electrons. The summed E-state index contributed by atoms with van der Waals surface area (Å²) in [5, 5.41) is 5.90. The van der Waals surface area contributed by atoms with E-state index in [1.807, 2.05) is 13.0 Å². The van der Waals surface area contributed by atoms with E-state index in [0.717, 1.165) is 16.8 Å². The van der Waals surface area contributed by atoms with Gasteiger partial charge in [-0.1, -0.05) is 15.9 Å². The fourth-order valence-corrected chi connectivity index (χ4v) is 2.15. The molecule has 6 heteroatoms. The lowest BCUT2D eigenvalue weighted by Gasteiger charge is -2.11. The number of carbonyl (C=O) groups excluding carboxylic acids is 1. The Bertz CT molecular complexity index is 629. The summed E-state index contributed by atoms with van der Waals surface area (Å²) in [4.78, 5) is 16.4. The average Bonchev–Trinajstić information content (AvgIpc) is 2.48. The van der Waals surface area contributed by atoms with Crippen LogP contribution in [0.1, 0.15) is 17.3 Å². The molecule has 0 spiro atoms. The molecule has 1 aromatic carbocycles. The van der Waals surface area contributed by atoms with Gasteiger partial charge in [0, 0.05) is 17.2 Å². The quantitative estimate of drug-likeness (QED) is 0.866. The lowest BCUT2D eigenvalue weighted by molar-refractivity contribution is 0.102. The number of nitrogens with one attached hydrogen (secondary N) is 2. The third-order valence-corrected chi connectivity index (χ3v) is 3.29. The molecule has 0 atom stereocenters. The summed E-state index contributed by atoms with van der Waals surface area (Å²) in [5.41, 5.74) is 1.09. The second-order valence-electron chi connectivity index (χ2n) is 4.26. The van der Waals surface area contributed by atoms with Crippen LogP contribution in [0, 0.1) is 0 Å². The van der Waals surface area contributed by atoms with E-state index in [4.69, 9.17) is 4.74 Å². The van der Waals surface area contributed by atoms with E-state index in [1.165, 1.54) is 6.20 Å². The fraction of sp³-hybridized carbons (Fsp3) is 0.200. The van der Waals surface area contributed by atoms with Crippen LogP contribution in [0.25, 0.3) is 0 Å². The summed E-state index contributed by atoms with van der Waals surface area (Å²) in [6.45, 7) is 2.77. The first kappa shape index (κ1) is 15.3. The molecule has 1 heterocycles. The number of carbonyl (C=O) groups is 1. The van der Waals surface area contributed by atoms with Gasteiger partial charge in [0.2, 0.25) is 0 Å². The van der Waals surface area contributed by atoms with Crippen LogP contribution in [0.5, 0.6) is 5.75 Å². The van der Waals surface area contributed by atoms with E-state index < -0.39 is 0 Å². The normalized spacial score (nSPS) is 10.0. The van der Waals surface area contributed by atoms with E-state index in [1.54, 1.807) is 31.4 Å². The van der Waals surface area contributed by atoms with Gasteiger partial charge >= 0.3 is 0 Å². The number of benzene rings is 1. The summed E-state index contributed by atoms with van der Waals surface area (Å²) in [5.74, 6) is 1.11. The third-order valence-electron chi connectivity index (χ3n) is 2.79. The van der Waals surface area contributed by atoms with Crippen LogP contribution in [0.4, 0.5) is 11.5 Å². The van der Waals surface area contributed by atoms with Gasteiger partial charge in [0.15, 0.2) is 0 Å². The van der Waals surface area contributed by atoms with Gasteiger partial charge in [0.05, 0.1) is 18.4 Å². The highest BCUT2D eigenvalue weighted by Crippen LogP contribution is 2.28. The van der Waals surface area contributed by atoms with Crippen molar-refractivity contribution in [2.45, 2.75) is 6.92 Å². The molecule has 0 bridgehead atoms. The van der Waals surface area contributed by atoms with Crippen LogP contribution in [-0.4, -0.2) is 24.5 Å². The summed E-state index contributed by atoms with van der Waals surface area (Å²) < 4.78 is 6.09. The Kier molecular flexibility index (Phi) is 5.16. The highest BCUT2D eigenvalue weighted by atomic mass is 79.9. The first-order valence-corrected chi connectivity index (χ1v) is 7.28. The predicted octanol–water partition coefficient (Wildman–Crippen LogP) is 3.54. The highest BCUT2D eigenvalue weighted by molar-refractivity contribution is 9.10. The molecule has 0 saturated heterocycles. The molecule has 0 aliphatic rings. The monoisotopic (exact) mass is 349 g/mol. The molecule has 1 amide bonds. The van der Waals surface area contributed by atoms with Crippen molar-refractivity contribution in [2.75, 3.05) is 24.3 Å². The van der Waals surface area contributed by atoms with Gasteiger partial charge in [-0.05, 0) is 37.3 Å². The number of aromatic nitrogens is 1. The molecule has 0 unspecified atom stereocenters. The van der Waals surface area contributed by atoms with E-state index in [0.29, 0.717) is 17.0 Å². The Balaban J connectivity index is 2.15. The Morgan fingerprint density at radius 1 is 1.33 bits per heavy atom. The molecule has 5 nitrogen and oxygen atoms in total. The van der Waals surface area contributed by atoms with Crippen LogP contribution in [0.15, 0.2) is 41.0 Å². The fourth-order valence-electron chi connectivity index (χ4n) is 1.79. The zero-order chi connectivity index (χ0) is 15.2. The molecule has 2 aromatic rings. The molecule has 2 N–H and O–H groups in total. The summed E-state index contributed by atoms with van der Waals surface area (Å²) in [7, 11) is 1.56. The van der Waals surface area contributed by atoms with Gasteiger partial charge < -0.3 is 15.4 Å². The highest BCUT2D eigenvalue weighted by Gasteiger charge is 2.10. The molecule has 0 saturated carbocycles. The first-order valence-electron chi connectivity index (χ1n) is 6.49. The predicted molar refractivity (Wildman–Crippen MR) is 87.0 cm³/mol. The maximum absolute atomic E-state index is 12.2. The third kappa shape index (κ3) is 3.95. The van der Waals surface area contributed by atoms with Gasteiger partial charge in [0.25, 0.3) is 5.91 Å².